The van der Waals surface area contributed by atoms with Crippen LogP contribution in [0.25, 0.3) is 0 Å². The van der Waals surface area contributed by atoms with Crippen molar-refractivity contribution in [3.63, 3.8) is 0 Å². The summed E-state index contributed by atoms with van der Waals surface area (Å²) >= 11 is 0. The average molecular weight is 561 g/mol. The van der Waals surface area contributed by atoms with Crippen LogP contribution in [0.15, 0.2) is 23.3 Å². The molecule has 1 N–H and O–H groups in total. The third kappa shape index (κ3) is 5.63. The molecule has 0 aliphatic heterocycles. The zero-order valence-electron chi connectivity index (χ0n) is 27.4. The lowest BCUT2D eigenvalue weighted by Gasteiger charge is -2.61. The molecule has 0 aromatic heterocycles. The van der Waals surface area contributed by atoms with Crippen molar-refractivity contribution < 1.29 is 19.1 Å². The maximum Gasteiger partial charge on any atom is 0.305 e. The van der Waals surface area contributed by atoms with Gasteiger partial charge >= 0.3 is 5.97 Å². The molecule has 4 nitrogen and oxygen atoms in total. The first-order valence-corrected chi connectivity index (χ1v) is 18.5. The molecule has 0 radical (unpaired) electrons. The average Bonchev–Trinajstić information content (AvgIpc) is 3.22. The lowest BCUT2D eigenvalue weighted by atomic mass is 9.46. The van der Waals surface area contributed by atoms with Gasteiger partial charge in [-0.2, -0.15) is 0 Å². The summed E-state index contributed by atoms with van der Waals surface area (Å²) in [6, 6.07) is 0. The Labute approximate surface area is 241 Å². The van der Waals surface area contributed by atoms with Gasteiger partial charge in [-0.3, -0.25) is 4.79 Å². The van der Waals surface area contributed by atoms with Crippen LogP contribution in [-0.4, -0.2) is 39.7 Å². The summed E-state index contributed by atoms with van der Waals surface area (Å²) in [6.07, 6.45) is 14.4. The molecule has 3 fully saturated rings. The van der Waals surface area contributed by atoms with E-state index in [4.69, 9.17) is 14.3 Å². The first-order chi connectivity index (χ1) is 18.0. The van der Waals surface area contributed by atoms with Gasteiger partial charge in [-0.25, -0.2) is 0 Å². The first kappa shape index (κ1) is 32.6. The Morgan fingerprint density at radius 2 is 1.67 bits per heavy atom. The van der Waals surface area contributed by atoms with Crippen molar-refractivity contribution in [2.24, 2.45) is 39.9 Å². The number of aliphatic hydroxyl groups excluding tert-OH is 1. The quantitative estimate of drug-likeness (QED) is 0.261. The molecular formula is C34H60O4Si. The number of esters is 1. The minimum atomic E-state index is -1.89. The van der Waals surface area contributed by atoms with Crippen molar-refractivity contribution in [1.29, 1.82) is 0 Å². The lowest BCUT2D eigenvalue weighted by molar-refractivity contribution is -0.141. The van der Waals surface area contributed by atoms with Gasteiger partial charge in [-0.05, 0) is 97.6 Å². The van der Waals surface area contributed by atoms with Gasteiger partial charge in [0, 0.05) is 18.9 Å². The molecule has 4 aliphatic carbocycles. The van der Waals surface area contributed by atoms with Gasteiger partial charge in [0.05, 0.1) is 13.2 Å². The maximum atomic E-state index is 11.8. The van der Waals surface area contributed by atoms with E-state index in [1.54, 1.807) is 11.1 Å². The summed E-state index contributed by atoms with van der Waals surface area (Å²) in [6.45, 7) is 24.5. The second-order valence-corrected chi connectivity index (χ2v) is 20.5. The molecule has 224 valence electrons. The molecule has 39 heavy (non-hydrogen) atoms. The highest BCUT2D eigenvalue weighted by Crippen LogP contribution is 2.68. The Balaban J connectivity index is 0.00000205. The van der Waals surface area contributed by atoms with Crippen LogP contribution in [0.3, 0.4) is 0 Å². The summed E-state index contributed by atoms with van der Waals surface area (Å²) < 4.78 is 12.3. The molecule has 1 unspecified atom stereocenters. The van der Waals surface area contributed by atoms with E-state index in [2.05, 4.69) is 80.6 Å². The first-order valence-electron chi connectivity index (χ1n) is 15.6. The number of fused-ring (bicyclic) bond motifs is 5. The monoisotopic (exact) mass is 560 g/mol. The minimum Gasteiger partial charge on any atom is -0.469 e. The van der Waals surface area contributed by atoms with Crippen LogP contribution in [-0.2, 0) is 14.0 Å². The van der Waals surface area contributed by atoms with E-state index in [0.717, 1.165) is 13.5 Å². The van der Waals surface area contributed by atoms with Crippen LogP contribution in [0, 0.1) is 39.9 Å². The molecule has 0 aromatic carbocycles. The van der Waals surface area contributed by atoms with Crippen LogP contribution < -0.4 is 0 Å². The molecule has 7 atom stereocenters. The van der Waals surface area contributed by atoms with Gasteiger partial charge in [0.1, 0.15) is 0 Å². The van der Waals surface area contributed by atoms with E-state index in [-0.39, 0.29) is 21.8 Å². The van der Waals surface area contributed by atoms with Crippen LogP contribution in [0.1, 0.15) is 107 Å². The van der Waals surface area contributed by atoms with Crippen LogP contribution in [0.5, 0.6) is 0 Å². The maximum absolute atomic E-state index is 11.8. The smallest absolute Gasteiger partial charge is 0.305 e. The zero-order chi connectivity index (χ0) is 29.6. The standard InChI is InChI=1S/C33H56O3Si.CH4O/c1-22(12-17-29(34)35-9)24-14-15-25-23-13-16-27-31(5,6)20-19-28(36-37(10,11)30(2,3)4)33(27,8)26(23)18-21-32(24,25)7;1-2/h13,16,22,24-26,28H,12,14-15,17-21H2,1-11H3;2H,1H3/t22-,24-,25+,26+,28?,32-,33-;/m1./s1. The van der Waals surface area contributed by atoms with E-state index in [9.17, 15) is 4.79 Å². The summed E-state index contributed by atoms with van der Waals surface area (Å²) in [7, 11) is 0.616. The highest BCUT2D eigenvalue weighted by atomic mass is 28.4. The Bertz CT molecular complexity index is 957. The fourth-order valence-electron chi connectivity index (χ4n) is 9.04. The molecule has 0 saturated heterocycles. The molecule has 3 saturated carbocycles. The predicted molar refractivity (Wildman–Crippen MR) is 165 cm³/mol. The SMILES string of the molecule is CO.COC(=O)CC[C@@H](C)[C@H]1CC[C@H]2C3=CC=C4C(C)(C)CCC(O[Si](C)(C)C(C)(C)C)[C@]4(C)[C@H]3CC[C@]12C. The van der Waals surface area contributed by atoms with Gasteiger partial charge in [0.15, 0.2) is 8.32 Å². The molecule has 0 bridgehead atoms. The number of allylic oxidation sites excluding steroid dienone is 3. The van der Waals surface area contributed by atoms with Crippen molar-refractivity contribution in [3.8, 4) is 0 Å². The van der Waals surface area contributed by atoms with Gasteiger partial charge in [0.25, 0.3) is 0 Å². The number of methoxy groups -OCH3 is 1. The van der Waals surface area contributed by atoms with Gasteiger partial charge in [-0.15, -0.1) is 0 Å². The number of aliphatic hydroxyl groups is 1. The molecule has 0 aromatic rings. The number of hydrogen-bond acceptors (Lipinski definition) is 4. The number of hydrogen-bond donors (Lipinski definition) is 1. The highest BCUT2D eigenvalue weighted by molar-refractivity contribution is 6.74. The minimum absolute atomic E-state index is 0.0662. The van der Waals surface area contributed by atoms with E-state index < -0.39 is 8.32 Å². The van der Waals surface area contributed by atoms with Crippen molar-refractivity contribution in [2.45, 2.75) is 131 Å². The van der Waals surface area contributed by atoms with Crippen LogP contribution in [0.4, 0.5) is 0 Å². The summed E-state index contributed by atoms with van der Waals surface area (Å²) in [4.78, 5) is 11.8. The highest BCUT2D eigenvalue weighted by Gasteiger charge is 2.61. The lowest BCUT2D eigenvalue weighted by Crippen LogP contribution is -2.57. The van der Waals surface area contributed by atoms with E-state index in [1.165, 1.54) is 45.6 Å². The summed E-state index contributed by atoms with van der Waals surface area (Å²) in [5.41, 5.74) is 4.01. The number of carbonyl (C=O) groups excluding carboxylic acids is 1. The number of ether oxygens (including phenoxy) is 1. The Kier molecular flexibility index (Phi) is 9.53. The number of rotatable bonds is 6. The molecular weight excluding hydrogens is 500 g/mol. The van der Waals surface area contributed by atoms with E-state index >= 15 is 0 Å². The van der Waals surface area contributed by atoms with Gasteiger partial charge in [0.2, 0.25) is 0 Å². The van der Waals surface area contributed by atoms with Gasteiger partial charge in [-0.1, -0.05) is 78.7 Å². The topological polar surface area (TPSA) is 55.8 Å². The zero-order valence-corrected chi connectivity index (χ0v) is 28.4. The molecule has 4 rings (SSSR count). The second kappa shape index (κ2) is 11.4. The van der Waals surface area contributed by atoms with Crippen molar-refractivity contribution in [3.05, 3.63) is 23.3 Å². The normalized spacial score (nSPS) is 36.2. The third-order valence-electron chi connectivity index (χ3n) is 12.3. The fraction of sp³-hybridized carbons (Fsp3) is 0.853. The largest absolute Gasteiger partial charge is 0.469 e. The molecule has 0 amide bonds. The van der Waals surface area contributed by atoms with Crippen molar-refractivity contribution in [2.75, 3.05) is 14.2 Å². The molecule has 5 heteroatoms. The Hall–Kier alpha value is -0.913. The summed E-state index contributed by atoms with van der Waals surface area (Å²) in [5.74, 6) is 2.42. The van der Waals surface area contributed by atoms with Crippen molar-refractivity contribution in [1.82, 2.24) is 0 Å². The van der Waals surface area contributed by atoms with E-state index in [0.29, 0.717) is 41.6 Å². The fourth-order valence-corrected chi connectivity index (χ4v) is 10.5. The molecule has 4 aliphatic rings. The molecule has 0 spiro atoms. The van der Waals surface area contributed by atoms with Crippen LogP contribution in [0.2, 0.25) is 18.1 Å². The Morgan fingerprint density at radius 3 is 2.26 bits per heavy atom. The number of carbonyl (C=O) groups is 1. The third-order valence-corrected chi connectivity index (χ3v) is 16.8. The second-order valence-electron chi connectivity index (χ2n) is 15.7. The predicted octanol–water partition coefficient (Wildman–Crippen LogP) is 8.71. The molecule has 0 heterocycles. The summed E-state index contributed by atoms with van der Waals surface area (Å²) in [5, 5.41) is 7.22. The van der Waals surface area contributed by atoms with E-state index in [1.807, 2.05) is 0 Å². The Morgan fingerprint density at radius 1 is 1.03 bits per heavy atom. The van der Waals surface area contributed by atoms with Crippen LogP contribution >= 0.6 is 0 Å². The van der Waals surface area contributed by atoms with Gasteiger partial charge < -0.3 is 14.3 Å². The van der Waals surface area contributed by atoms with Crippen molar-refractivity contribution >= 4 is 14.3 Å².